The molecule has 0 atom stereocenters. The van der Waals surface area contributed by atoms with Gasteiger partial charge in [-0.1, -0.05) is 12.1 Å². The van der Waals surface area contributed by atoms with Crippen molar-refractivity contribution in [2.75, 3.05) is 18.8 Å². The number of hydrogen-bond acceptors (Lipinski definition) is 7. The number of anilines is 1. The van der Waals surface area contributed by atoms with E-state index in [0.717, 1.165) is 24.4 Å². The Morgan fingerprint density at radius 3 is 2.50 bits per heavy atom. The fourth-order valence-corrected chi connectivity index (χ4v) is 3.93. The normalized spacial score (nSPS) is 15.2. The first-order chi connectivity index (χ1) is 13.0. The van der Waals surface area contributed by atoms with E-state index in [1.165, 1.54) is 17.0 Å². The number of pyridine rings is 1. The number of carbonyl (C=O) groups excluding carboxylic acids is 1. The average Bonchev–Trinajstić information content (AvgIpc) is 2.57. The van der Waals surface area contributed by atoms with E-state index in [4.69, 9.17) is 5.73 Å². The van der Waals surface area contributed by atoms with Gasteiger partial charge < -0.3 is 20.5 Å². The van der Waals surface area contributed by atoms with E-state index in [1.54, 1.807) is 0 Å². The zero-order valence-electron chi connectivity index (χ0n) is 14.0. The summed E-state index contributed by atoms with van der Waals surface area (Å²) in [5, 5.41) is 9.25. The number of para-hydroxylation sites is 1. The number of nitrogens with two attached hydrogens (primary N) is 1. The van der Waals surface area contributed by atoms with E-state index in [0.29, 0.717) is 0 Å². The predicted molar refractivity (Wildman–Crippen MR) is 89.1 cm³/mol. The van der Waals surface area contributed by atoms with Gasteiger partial charge in [0.15, 0.2) is 5.69 Å². The Morgan fingerprint density at radius 1 is 1.29 bits per heavy atom. The molecule has 8 nitrogen and oxygen atoms in total. The first-order valence-electron chi connectivity index (χ1n) is 7.82. The van der Waals surface area contributed by atoms with Gasteiger partial charge in [0.25, 0.3) is 5.91 Å². The highest BCUT2D eigenvalue weighted by Crippen LogP contribution is 2.33. The second-order valence-electron chi connectivity index (χ2n) is 5.97. The molecule has 3 N–H and O–H groups in total. The van der Waals surface area contributed by atoms with Gasteiger partial charge in [0.1, 0.15) is 10.6 Å². The third-order valence-corrected chi connectivity index (χ3v) is 5.68. The van der Waals surface area contributed by atoms with Crippen LogP contribution in [0.1, 0.15) is 10.5 Å². The van der Waals surface area contributed by atoms with Crippen LogP contribution in [-0.2, 0) is 9.84 Å². The molecule has 1 fully saturated rings. The highest BCUT2D eigenvalue weighted by Gasteiger charge is 2.35. The van der Waals surface area contributed by atoms with Crippen LogP contribution in [0.2, 0.25) is 0 Å². The first-order valence-corrected chi connectivity index (χ1v) is 9.30. The fraction of sp³-hybridized carbons (Fsp3) is 0.250. The second-order valence-corrected chi connectivity index (χ2v) is 7.89. The Hall–Kier alpha value is -2.86. The largest absolute Gasteiger partial charge is 0.573 e. The molecule has 1 aliphatic heterocycles. The minimum absolute atomic E-state index is 0.0994. The van der Waals surface area contributed by atoms with Crippen molar-refractivity contribution in [1.82, 2.24) is 9.88 Å². The number of β-amino-alcohol motifs (C(OH)–C–C–N with tert-alkyl or cyclic N) is 1. The van der Waals surface area contributed by atoms with Gasteiger partial charge in [0.05, 0.1) is 16.7 Å². The van der Waals surface area contributed by atoms with E-state index in [2.05, 4.69) is 9.72 Å². The minimum atomic E-state index is -5.08. The monoisotopic (exact) mass is 417 g/mol. The number of nitrogens with zero attached hydrogens (tertiary/aromatic N) is 2. The molecular weight excluding hydrogens is 403 g/mol. The lowest BCUT2D eigenvalue weighted by Gasteiger charge is -2.35. The number of alkyl halides is 3. The molecule has 1 aromatic carbocycles. The van der Waals surface area contributed by atoms with Crippen LogP contribution in [0.15, 0.2) is 46.3 Å². The van der Waals surface area contributed by atoms with Crippen LogP contribution in [-0.4, -0.2) is 54.9 Å². The molecule has 12 heteroatoms. The summed E-state index contributed by atoms with van der Waals surface area (Å²) < 4.78 is 66.9. The van der Waals surface area contributed by atoms with Crippen molar-refractivity contribution in [1.29, 1.82) is 0 Å². The zero-order chi connectivity index (χ0) is 20.7. The molecule has 150 valence electrons. The van der Waals surface area contributed by atoms with Crippen molar-refractivity contribution in [2.45, 2.75) is 22.3 Å². The number of aliphatic hydroxyl groups is 1. The van der Waals surface area contributed by atoms with Gasteiger partial charge in [-0.2, -0.15) is 0 Å². The molecule has 0 saturated carbocycles. The summed E-state index contributed by atoms with van der Waals surface area (Å²) >= 11 is 0. The first kappa shape index (κ1) is 19.9. The molecule has 1 saturated heterocycles. The number of ether oxygens (including phenoxy) is 1. The van der Waals surface area contributed by atoms with Crippen molar-refractivity contribution in [3.8, 4) is 5.75 Å². The standard InChI is InChI=1S/C16H14F3N3O5S/c17-16(18,19)27-12-3-1-2-4-13(12)28(25,26)10-5-11(20)14(21-6-10)15(24)22-7-9(23)8-22/h1-6,9,23H,7-8,20H2. The van der Waals surface area contributed by atoms with Gasteiger partial charge in [-0.25, -0.2) is 13.4 Å². The Labute approximate surface area is 157 Å². The molecule has 1 amide bonds. The quantitative estimate of drug-likeness (QED) is 0.767. The maximum atomic E-state index is 12.7. The van der Waals surface area contributed by atoms with Crippen LogP contribution in [0.25, 0.3) is 0 Å². The topological polar surface area (TPSA) is 123 Å². The molecule has 2 heterocycles. The van der Waals surface area contributed by atoms with E-state index < -0.39 is 43.8 Å². The molecular formula is C16H14F3N3O5S. The number of aromatic nitrogens is 1. The molecule has 0 spiro atoms. The SMILES string of the molecule is Nc1cc(S(=O)(=O)c2ccccc2OC(F)(F)F)cnc1C(=O)N1CC(O)C1. The number of benzene rings is 1. The Bertz CT molecular complexity index is 1020. The van der Waals surface area contributed by atoms with Crippen LogP contribution in [0.5, 0.6) is 5.75 Å². The number of rotatable bonds is 4. The van der Waals surface area contributed by atoms with Crippen LogP contribution in [0.4, 0.5) is 18.9 Å². The lowest BCUT2D eigenvalue weighted by Crippen LogP contribution is -2.53. The molecule has 28 heavy (non-hydrogen) atoms. The summed E-state index contributed by atoms with van der Waals surface area (Å²) in [7, 11) is -4.46. The molecule has 0 bridgehead atoms. The average molecular weight is 417 g/mol. The smallest absolute Gasteiger partial charge is 0.404 e. The fourth-order valence-electron chi connectivity index (χ4n) is 2.57. The third-order valence-electron chi connectivity index (χ3n) is 3.92. The summed E-state index contributed by atoms with van der Waals surface area (Å²) in [6.07, 6.45) is -4.89. The van der Waals surface area contributed by atoms with Crippen molar-refractivity contribution < 1.29 is 36.2 Å². The van der Waals surface area contributed by atoms with Crippen molar-refractivity contribution in [3.63, 3.8) is 0 Å². The molecule has 1 aromatic heterocycles. The molecule has 1 aliphatic rings. The lowest BCUT2D eigenvalue weighted by molar-refractivity contribution is -0.275. The van der Waals surface area contributed by atoms with Crippen molar-refractivity contribution >= 4 is 21.4 Å². The van der Waals surface area contributed by atoms with E-state index in [9.17, 15) is 31.5 Å². The maximum Gasteiger partial charge on any atom is 0.573 e. The third kappa shape index (κ3) is 3.87. The Balaban J connectivity index is 1.95. The molecule has 0 radical (unpaired) electrons. The number of hydrogen-bond donors (Lipinski definition) is 2. The van der Waals surface area contributed by atoms with E-state index >= 15 is 0 Å². The highest BCUT2D eigenvalue weighted by molar-refractivity contribution is 7.91. The Morgan fingerprint density at radius 2 is 1.93 bits per heavy atom. The second kappa shape index (κ2) is 6.95. The van der Waals surface area contributed by atoms with Crippen molar-refractivity contribution in [3.05, 3.63) is 42.2 Å². The van der Waals surface area contributed by atoms with Gasteiger partial charge in [0, 0.05) is 19.3 Å². The number of nitrogen functional groups attached to an aromatic ring is 1. The lowest BCUT2D eigenvalue weighted by atomic mass is 10.1. The van der Waals surface area contributed by atoms with Crippen LogP contribution in [0, 0.1) is 0 Å². The van der Waals surface area contributed by atoms with Crippen molar-refractivity contribution in [2.24, 2.45) is 0 Å². The summed E-state index contributed by atoms with van der Waals surface area (Å²) in [5.41, 5.74) is 5.26. The number of likely N-dealkylation sites (tertiary alicyclic amines) is 1. The van der Waals surface area contributed by atoms with Gasteiger partial charge in [-0.05, 0) is 18.2 Å². The molecule has 0 aliphatic carbocycles. The highest BCUT2D eigenvalue weighted by atomic mass is 32.2. The number of aliphatic hydroxyl groups excluding tert-OH is 1. The number of amides is 1. The number of halogens is 3. The summed E-state index contributed by atoms with van der Waals surface area (Å²) in [4.78, 5) is 16.0. The van der Waals surface area contributed by atoms with Gasteiger partial charge in [-0.3, -0.25) is 4.79 Å². The maximum absolute atomic E-state index is 12.7. The molecule has 2 aromatic rings. The zero-order valence-corrected chi connectivity index (χ0v) is 14.9. The summed E-state index contributed by atoms with van der Waals surface area (Å²) in [5.74, 6) is -1.49. The molecule has 0 unspecified atom stereocenters. The predicted octanol–water partition coefficient (Wildman–Crippen LogP) is 1.21. The molecule has 3 rings (SSSR count). The number of sulfone groups is 1. The summed E-state index contributed by atoms with van der Waals surface area (Å²) in [6, 6.07) is 5.18. The van der Waals surface area contributed by atoms with Crippen LogP contribution in [0.3, 0.4) is 0 Å². The Kier molecular flexibility index (Phi) is 4.93. The van der Waals surface area contributed by atoms with Crippen LogP contribution < -0.4 is 10.5 Å². The van der Waals surface area contributed by atoms with Gasteiger partial charge >= 0.3 is 6.36 Å². The van der Waals surface area contributed by atoms with E-state index in [1.807, 2.05) is 0 Å². The van der Waals surface area contributed by atoms with E-state index in [-0.39, 0.29) is 24.5 Å². The van der Waals surface area contributed by atoms with Crippen LogP contribution >= 0.6 is 0 Å². The summed E-state index contributed by atoms with van der Waals surface area (Å²) in [6.45, 7) is 0.199. The minimum Gasteiger partial charge on any atom is -0.404 e. The van der Waals surface area contributed by atoms with Gasteiger partial charge in [0.2, 0.25) is 9.84 Å². The number of carbonyl (C=O) groups is 1. The van der Waals surface area contributed by atoms with Gasteiger partial charge in [-0.15, -0.1) is 13.2 Å².